The number of aliphatic imine (C=N–C) groups is 1. The zero-order valence-electron chi connectivity index (χ0n) is 16.0. The average molecular weight is 385 g/mol. The third kappa shape index (κ3) is 11.8. The lowest BCUT2D eigenvalue weighted by Gasteiger charge is -2.14. The summed E-state index contributed by atoms with van der Waals surface area (Å²) in [5, 5.41) is 6.39. The summed E-state index contributed by atoms with van der Waals surface area (Å²) >= 11 is 0. The molecule has 0 radical (unpaired) electrons. The maximum absolute atomic E-state index is 11.0. The van der Waals surface area contributed by atoms with E-state index in [4.69, 9.17) is 4.74 Å². The first-order valence-corrected chi connectivity index (χ1v) is 10.9. The molecule has 1 rings (SSSR count). The molecule has 26 heavy (non-hydrogen) atoms. The Morgan fingerprint density at radius 1 is 1.19 bits per heavy atom. The molecule has 1 aromatic carbocycles. The lowest BCUT2D eigenvalue weighted by atomic mass is 10.2. The lowest BCUT2D eigenvalue weighted by Crippen LogP contribution is -2.39. The van der Waals surface area contributed by atoms with Crippen LogP contribution >= 0.6 is 0 Å². The quantitative estimate of drug-likeness (QED) is 0.287. The fraction of sp³-hybridized carbons (Fsp3) is 0.611. The number of hydrogen-bond donors (Lipinski definition) is 3. The highest BCUT2D eigenvalue weighted by molar-refractivity contribution is 7.88. The van der Waals surface area contributed by atoms with Crippen LogP contribution in [0, 0.1) is 5.92 Å². The van der Waals surface area contributed by atoms with Gasteiger partial charge in [-0.2, -0.15) is 0 Å². The van der Waals surface area contributed by atoms with Crippen LogP contribution in [0.2, 0.25) is 0 Å². The Hall–Kier alpha value is -1.64. The Labute approximate surface area is 157 Å². The van der Waals surface area contributed by atoms with Crippen molar-refractivity contribution in [3.05, 3.63) is 35.9 Å². The van der Waals surface area contributed by atoms with Crippen molar-refractivity contribution in [3.63, 3.8) is 0 Å². The number of hydrogen-bond acceptors (Lipinski definition) is 4. The Balaban J connectivity index is 2.26. The van der Waals surface area contributed by atoms with E-state index in [2.05, 4.69) is 39.4 Å². The topological polar surface area (TPSA) is 91.8 Å². The average Bonchev–Trinajstić information content (AvgIpc) is 2.59. The monoisotopic (exact) mass is 384 g/mol. The molecule has 0 aliphatic heterocycles. The van der Waals surface area contributed by atoms with E-state index in [-0.39, 0.29) is 0 Å². The first-order chi connectivity index (χ1) is 12.4. The third-order valence-corrected chi connectivity index (χ3v) is 4.16. The second kappa shape index (κ2) is 12.7. The van der Waals surface area contributed by atoms with Crippen molar-refractivity contribution in [2.45, 2.75) is 26.9 Å². The number of nitrogens with zero attached hydrogens (tertiary/aromatic N) is 1. The summed E-state index contributed by atoms with van der Waals surface area (Å²) in [6.07, 6.45) is 1.85. The molecule has 148 valence electrons. The summed E-state index contributed by atoms with van der Waals surface area (Å²) in [6.45, 7) is 7.86. The van der Waals surface area contributed by atoms with E-state index in [1.165, 1.54) is 5.56 Å². The predicted molar refractivity (Wildman–Crippen MR) is 107 cm³/mol. The summed E-state index contributed by atoms with van der Waals surface area (Å²) in [5.74, 6) is 1.04. The molecule has 0 aliphatic carbocycles. The van der Waals surface area contributed by atoms with E-state index in [0.717, 1.165) is 18.8 Å². The normalized spacial score (nSPS) is 13.4. The van der Waals surface area contributed by atoms with E-state index < -0.39 is 10.0 Å². The Morgan fingerprint density at radius 3 is 2.58 bits per heavy atom. The molecule has 0 amide bonds. The summed E-state index contributed by atoms with van der Waals surface area (Å²) < 4.78 is 30.2. The van der Waals surface area contributed by atoms with Crippen LogP contribution in [0.15, 0.2) is 35.3 Å². The highest BCUT2D eigenvalue weighted by Gasteiger charge is 2.04. The van der Waals surface area contributed by atoms with Crippen LogP contribution in [0.1, 0.15) is 25.8 Å². The number of ether oxygens (including phenoxy) is 1. The molecule has 0 fully saturated rings. The molecular weight excluding hydrogens is 352 g/mol. The van der Waals surface area contributed by atoms with Gasteiger partial charge in [0, 0.05) is 26.2 Å². The number of nitrogens with one attached hydrogen (secondary N) is 3. The number of benzene rings is 1. The Kier molecular flexibility index (Phi) is 10.9. The minimum absolute atomic E-state index is 0.307. The third-order valence-electron chi connectivity index (χ3n) is 3.43. The summed E-state index contributed by atoms with van der Waals surface area (Å²) in [6, 6.07) is 10.1. The van der Waals surface area contributed by atoms with E-state index in [1.54, 1.807) is 0 Å². The first-order valence-electron chi connectivity index (χ1n) is 8.99. The predicted octanol–water partition coefficient (Wildman–Crippen LogP) is 1.33. The highest BCUT2D eigenvalue weighted by atomic mass is 32.2. The maximum atomic E-state index is 11.0. The van der Waals surface area contributed by atoms with Crippen LogP contribution < -0.4 is 15.4 Å². The minimum atomic E-state index is -3.12. The van der Waals surface area contributed by atoms with Gasteiger partial charge in [0.25, 0.3) is 0 Å². The highest BCUT2D eigenvalue weighted by Crippen LogP contribution is 2.03. The van der Waals surface area contributed by atoms with Gasteiger partial charge < -0.3 is 15.4 Å². The number of sulfonamides is 1. The zero-order chi connectivity index (χ0) is 19.3. The van der Waals surface area contributed by atoms with Gasteiger partial charge in [0.2, 0.25) is 10.0 Å². The van der Waals surface area contributed by atoms with Crippen molar-refractivity contribution in [2.75, 3.05) is 39.0 Å². The van der Waals surface area contributed by atoms with E-state index >= 15 is 0 Å². The van der Waals surface area contributed by atoms with Crippen molar-refractivity contribution in [1.82, 2.24) is 15.4 Å². The van der Waals surface area contributed by atoms with Crippen LogP contribution in [-0.4, -0.2) is 53.4 Å². The van der Waals surface area contributed by atoms with Gasteiger partial charge in [-0.05, 0) is 24.8 Å². The zero-order valence-corrected chi connectivity index (χ0v) is 16.8. The first kappa shape index (κ1) is 22.4. The van der Waals surface area contributed by atoms with Crippen molar-refractivity contribution in [2.24, 2.45) is 10.9 Å². The van der Waals surface area contributed by atoms with Crippen LogP contribution in [0.5, 0.6) is 0 Å². The van der Waals surface area contributed by atoms with E-state index in [0.29, 0.717) is 45.2 Å². The molecule has 7 nitrogen and oxygen atoms in total. The molecule has 0 aromatic heterocycles. The van der Waals surface area contributed by atoms with Crippen molar-refractivity contribution in [3.8, 4) is 0 Å². The molecule has 0 saturated carbocycles. The number of rotatable bonds is 12. The van der Waals surface area contributed by atoms with Gasteiger partial charge >= 0.3 is 0 Å². The Bertz CT molecular complexity index is 621. The van der Waals surface area contributed by atoms with Gasteiger partial charge in [-0.1, -0.05) is 37.3 Å². The lowest BCUT2D eigenvalue weighted by molar-refractivity contribution is 0.0945. The molecule has 3 N–H and O–H groups in total. The molecule has 0 heterocycles. The Morgan fingerprint density at radius 2 is 1.92 bits per heavy atom. The van der Waals surface area contributed by atoms with Gasteiger partial charge in [-0.25, -0.2) is 13.1 Å². The standard InChI is InChI=1S/C18H32N4O3S/c1-4-19-18(20-11-8-12-22-26(3,23)24)21-13-16(2)14-25-15-17-9-6-5-7-10-17/h5-7,9-10,16,22H,4,8,11-15H2,1-3H3,(H2,19,20,21). The molecule has 0 saturated heterocycles. The molecular formula is C18H32N4O3S. The number of guanidine groups is 1. The summed E-state index contributed by atoms with van der Waals surface area (Å²) in [4.78, 5) is 4.56. The second-order valence-corrected chi connectivity index (χ2v) is 8.11. The molecule has 8 heteroatoms. The molecule has 0 aliphatic rings. The second-order valence-electron chi connectivity index (χ2n) is 6.27. The van der Waals surface area contributed by atoms with Gasteiger partial charge in [-0.15, -0.1) is 0 Å². The van der Waals surface area contributed by atoms with Gasteiger partial charge in [-0.3, -0.25) is 4.99 Å². The van der Waals surface area contributed by atoms with Gasteiger partial charge in [0.1, 0.15) is 0 Å². The molecule has 1 unspecified atom stereocenters. The fourth-order valence-electron chi connectivity index (χ4n) is 2.15. The largest absolute Gasteiger partial charge is 0.376 e. The van der Waals surface area contributed by atoms with Crippen LogP contribution in [0.25, 0.3) is 0 Å². The maximum Gasteiger partial charge on any atom is 0.208 e. The van der Waals surface area contributed by atoms with Crippen LogP contribution in [0.4, 0.5) is 0 Å². The minimum Gasteiger partial charge on any atom is -0.376 e. The molecule has 1 atom stereocenters. The van der Waals surface area contributed by atoms with Crippen molar-refractivity contribution < 1.29 is 13.2 Å². The van der Waals surface area contributed by atoms with Crippen LogP contribution in [0.3, 0.4) is 0 Å². The molecule has 1 aromatic rings. The van der Waals surface area contributed by atoms with E-state index in [9.17, 15) is 8.42 Å². The SMILES string of the molecule is CCNC(=NCC(C)COCc1ccccc1)NCCCNS(C)(=O)=O. The van der Waals surface area contributed by atoms with E-state index in [1.807, 2.05) is 25.1 Å². The smallest absolute Gasteiger partial charge is 0.208 e. The van der Waals surface area contributed by atoms with Gasteiger partial charge in [0.05, 0.1) is 19.5 Å². The van der Waals surface area contributed by atoms with Crippen molar-refractivity contribution in [1.29, 1.82) is 0 Å². The molecule has 0 spiro atoms. The fourth-order valence-corrected chi connectivity index (χ4v) is 2.66. The molecule has 0 bridgehead atoms. The van der Waals surface area contributed by atoms with Crippen molar-refractivity contribution >= 4 is 16.0 Å². The van der Waals surface area contributed by atoms with Gasteiger partial charge in [0.15, 0.2) is 5.96 Å². The van der Waals surface area contributed by atoms with Crippen LogP contribution in [-0.2, 0) is 21.4 Å². The summed E-state index contributed by atoms with van der Waals surface area (Å²) in [5.41, 5.74) is 1.17. The summed E-state index contributed by atoms with van der Waals surface area (Å²) in [7, 11) is -3.12.